The van der Waals surface area contributed by atoms with Gasteiger partial charge in [0.25, 0.3) is 11.6 Å². The number of amides is 1. The zero-order chi connectivity index (χ0) is 18.8. The molecule has 1 fully saturated rings. The molecular weight excluding hydrogens is 332 g/mol. The molecule has 0 spiro atoms. The van der Waals surface area contributed by atoms with E-state index in [0.29, 0.717) is 25.2 Å². The number of nitrogens with two attached hydrogens (primary N) is 2. The summed E-state index contributed by atoms with van der Waals surface area (Å²) in [6.45, 7) is 3.21. The molecule has 1 saturated heterocycles. The third-order valence-electron chi connectivity index (χ3n) is 4.99. The van der Waals surface area contributed by atoms with Gasteiger partial charge in [-0.2, -0.15) is 0 Å². The second kappa shape index (κ2) is 7.13. The number of nitrogen functional groups attached to an aromatic ring is 1. The first-order valence-electron chi connectivity index (χ1n) is 8.51. The Morgan fingerprint density at radius 1 is 1.27 bits per heavy atom. The maximum Gasteiger partial charge on any atom is 0.293 e. The van der Waals surface area contributed by atoms with Crippen molar-refractivity contribution in [3.63, 3.8) is 0 Å². The van der Waals surface area contributed by atoms with E-state index in [1.54, 1.807) is 17.9 Å². The average molecular weight is 354 g/mol. The van der Waals surface area contributed by atoms with Gasteiger partial charge >= 0.3 is 0 Å². The summed E-state index contributed by atoms with van der Waals surface area (Å²) in [6, 6.07) is 12.9. The maximum atomic E-state index is 13.0. The lowest BCUT2D eigenvalue weighted by Gasteiger charge is -2.18. The summed E-state index contributed by atoms with van der Waals surface area (Å²) in [5, 5.41) is 11.2. The molecule has 2 atom stereocenters. The molecule has 0 unspecified atom stereocenters. The van der Waals surface area contributed by atoms with E-state index in [1.165, 1.54) is 6.07 Å². The first-order valence-corrected chi connectivity index (χ1v) is 8.51. The number of nitro benzene ring substituents is 1. The predicted molar refractivity (Wildman–Crippen MR) is 99.9 cm³/mol. The van der Waals surface area contributed by atoms with Crippen molar-refractivity contribution in [3.05, 3.63) is 69.3 Å². The van der Waals surface area contributed by atoms with Crippen molar-refractivity contribution in [1.82, 2.24) is 4.90 Å². The quantitative estimate of drug-likeness (QED) is 0.496. The summed E-state index contributed by atoms with van der Waals surface area (Å²) in [5.41, 5.74) is 13.5. The molecule has 26 heavy (non-hydrogen) atoms. The van der Waals surface area contributed by atoms with Crippen molar-refractivity contribution < 1.29 is 9.72 Å². The van der Waals surface area contributed by atoms with Gasteiger partial charge in [-0.05, 0) is 36.6 Å². The fraction of sp³-hybridized carbons (Fsp3) is 0.316. The minimum absolute atomic E-state index is 0.0851. The van der Waals surface area contributed by atoms with E-state index < -0.39 is 4.92 Å². The topological polar surface area (TPSA) is 115 Å². The van der Waals surface area contributed by atoms with Gasteiger partial charge in [-0.3, -0.25) is 14.9 Å². The third kappa shape index (κ3) is 3.25. The molecular formula is C19H22N4O3. The van der Waals surface area contributed by atoms with E-state index in [2.05, 4.69) is 0 Å². The number of likely N-dealkylation sites (tertiary alicyclic amines) is 1. The van der Waals surface area contributed by atoms with Crippen LogP contribution in [0, 0.1) is 23.0 Å². The van der Waals surface area contributed by atoms with Gasteiger partial charge in [0, 0.05) is 25.1 Å². The Hall–Kier alpha value is -2.93. The van der Waals surface area contributed by atoms with Crippen molar-refractivity contribution in [2.45, 2.75) is 12.8 Å². The van der Waals surface area contributed by atoms with Gasteiger partial charge in [0.15, 0.2) is 0 Å². The second-order valence-corrected chi connectivity index (χ2v) is 6.73. The van der Waals surface area contributed by atoms with E-state index in [4.69, 9.17) is 11.5 Å². The van der Waals surface area contributed by atoms with Crippen LogP contribution in [0.1, 0.15) is 27.4 Å². The molecule has 3 rings (SSSR count). The van der Waals surface area contributed by atoms with E-state index in [9.17, 15) is 14.9 Å². The van der Waals surface area contributed by atoms with Crippen LogP contribution in [0.3, 0.4) is 0 Å². The minimum Gasteiger partial charge on any atom is -0.393 e. The van der Waals surface area contributed by atoms with Crippen LogP contribution in [0.25, 0.3) is 0 Å². The number of aryl methyl sites for hydroxylation is 1. The predicted octanol–water partition coefficient (Wildman–Crippen LogP) is 2.30. The first kappa shape index (κ1) is 17.9. The largest absolute Gasteiger partial charge is 0.393 e. The summed E-state index contributed by atoms with van der Waals surface area (Å²) in [7, 11) is 0. The molecule has 1 amide bonds. The Balaban J connectivity index is 1.91. The number of benzene rings is 2. The zero-order valence-corrected chi connectivity index (χ0v) is 14.6. The van der Waals surface area contributed by atoms with Crippen LogP contribution in [-0.2, 0) is 0 Å². The lowest BCUT2D eigenvalue weighted by Crippen LogP contribution is -2.30. The lowest BCUT2D eigenvalue weighted by molar-refractivity contribution is -0.384. The van der Waals surface area contributed by atoms with Crippen molar-refractivity contribution in [2.75, 3.05) is 25.4 Å². The SMILES string of the molecule is Cc1cc(C(=O)N2C[C@@H](CN)[C@H](c3ccccc3)C2)c(N)c([N+](=O)[O-])c1. The first-order chi connectivity index (χ1) is 12.4. The highest BCUT2D eigenvalue weighted by atomic mass is 16.6. The Labute approximate surface area is 151 Å². The van der Waals surface area contributed by atoms with Gasteiger partial charge in [0.2, 0.25) is 0 Å². The normalized spacial score (nSPS) is 19.5. The van der Waals surface area contributed by atoms with Gasteiger partial charge in [0.05, 0.1) is 10.5 Å². The van der Waals surface area contributed by atoms with E-state index in [-0.39, 0.29) is 34.7 Å². The molecule has 0 aromatic heterocycles. The van der Waals surface area contributed by atoms with Gasteiger partial charge < -0.3 is 16.4 Å². The van der Waals surface area contributed by atoms with Gasteiger partial charge in [-0.25, -0.2) is 0 Å². The smallest absolute Gasteiger partial charge is 0.293 e. The Morgan fingerprint density at radius 3 is 2.58 bits per heavy atom. The molecule has 7 heteroatoms. The van der Waals surface area contributed by atoms with Crippen LogP contribution in [0.4, 0.5) is 11.4 Å². The minimum atomic E-state index is -0.557. The highest BCUT2D eigenvalue weighted by Crippen LogP contribution is 2.35. The fourth-order valence-electron chi connectivity index (χ4n) is 3.63. The van der Waals surface area contributed by atoms with E-state index in [1.807, 2.05) is 30.3 Å². The molecule has 0 radical (unpaired) electrons. The van der Waals surface area contributed by atoms with Gasteiger partial charge in [-0.15, -0.1) is 0 Å². The second-order valence-electron chi connectivity index (χ2n) is 6.73. The highest BCUT2D eigenvalue weighted by Gasteiger charge is 2.36. The van der Waals surface area contributed by atoms with Crippen LogP contribution >= 0.6 is 0 Å². The molecule has 0 bridgehead atoms. The lowest BCUT2D eigenvalue weighted by atomic mass is 9.89. The molecule has 1 heterocycles. The Kier molecular flexibility index (Phi) is 4.90. The third-order valence-corrected chi connectivity index (χ3v) is 4.99. The number of rotatable bonds is 4. The highest BCUT2D eigenvalue weighted by molar-refractivity contribution is 6.01. The molecule has 7 nitrogen and oxygen atoms in total. The maximum absolute atomic E-state index is 13.0. The van der Waals surface area contributed by atoms with E-state index >= 15 is 0 Å². The number of hydrogen-bond acceptors (Lipinski definition) is 5. The Bertz CT molecular complexity index is 838. The monoisotopic (exact) mass is 354 g/mol. The molecule has 136 valence electrons. The number of carbonyl (C=O) groups excluding carboxylic acids is 1. The van der Waals surface area contributed by atoms with Crippen molar-refractivity contribution in [2.24, 2.45) is 11.7 Å². The average Bonchev–Trinajstić information content (AvgIpc) is 3.07. The van der Waals surface area contributed by atoms with Crippen molar-refractivity contribution in [3.8, 4) is 0 Å². The summed E-state index contributed by atoms with van der Waals surface area (Å²) in [4.78, 5) is 25.3. The van der Waals surface area contributed by atoms with Crippen molar-refractivity contribution >= 4 is 17.3 Å². The number of nitro groups is 1. The molecule has 4 N–H and O–H groups in total. The van der Waals surface area contributed by atoms with Crippen LogP contribution < -0.4 is 11.5 Å². The molecule has 1 aliphatic heterocycles. The fourth-order valence-corrected chi connectivity index (χ4v) is 3.63. The number of anilines is 1. The molecule has 1 aliphatic rings. The number of nitrogens with zero attached hydrogens (tertiary/aromatic N) is 2. The van der Waals surface area contributed by atoms with Gasteiger partial charge in [-0.1, -0.05) is 30.3 Å². The molecule has 0 aliphatic carbocycles. The molecule has 0 saturated carbocycles. The zero-order valence-electron chi connectivity index (χ0n) is 14.6. The molecule has 2 aromatic rings. The standard InChI is InChI=1S/C19H22N4O3/c1-12-7-15(18(21)17(8-12)23(25)26)19(24)22-10-14(9-20)16(11-22)13-5-3-2-4-6-13/h2-8,14,16H,9-11,20-21H2,1H3/t14-,16+/m1/s1. The van der Waals surface area contributed by atoms with Crippen LogP contribution in [0.5, 0.6) is 0 Å². The summed E-state index contributed by atoms with van der Waals surface area (Å²) in [6.07, 6.45) is 0. The summed E-state index contributed by atoms with van der Waals surface area (Å²) in [5.74, 6) is -0.000259. The summed E-state index contributed by atoms with van der Waals surface area (Å²) >= 11 is 0. The van der Waals surface area contributed by atoms with Crippen LogP contribution in [0.2, 0.25) is 0 Å². The van der Waals surface area contributed by atoms with E-state index in [0.717, 1.165) is 5.56 Å². The van der Waals surface area contributed by atoms with Crippen LogP contribution in [0.15, 0.2) is 42.5 Å². The van der Waals surface area contributed by atoms with Crippen molar-refractivity contribution in [1.29, 1.82) is 0 Å². The number of hydrogen-bond donors (Lipinski definition) is 2. The Morgan fingerprint density at radius 2 is 1.96 bits per heavy atom. The molecule has 2 aromatic carbocycles. The van der Waals surface area contributed by atoms with Gasteiger partial charge in [0.1, 0.15) is 5.69 Å². The summed E-state index contributed by atoms with van der Waals surface area (Å²) < 4.78 is 0. The number of carbonyl (C=O) groups is 1. The van der Waals surface area contributed by atoms with Crippen LogP contribution in [-0.4, -0.2) is 35.4 Å².